The van der Waals surface area contributed by atoms with Crippen LogP contribution in [0.3, 0.4) is 0 Å². The molecule has 130 valence electrons. The van der Waals surface area contributed by atoms with E-state index in [1.807, 2.05) is 29.2 Å². The van der Waals surface area contributed by atoms with E-state index in [0.717, 1.165) is 36.9 Å². The fourth-order valence-corrected chi connectivity index (χ4v) is 3.33. The van der Waals surface area contributed by atoms with E-state index in [1.54, 1.807) is 0 Å². The van der Waals surface area contributed by atoms with Gasteiger partial charge in [0.1, 0.15) is 6.10 Å². The summed E-state index contributed by atoms with van der Waals surface area (Å²) in [6.07, 6.45) is 2.72. The van der Waals surface area contributed by atoms with Crippen LogP contribution in [0.5, 0.6) is 0 Å². The highest BCUT2D eigenvalue weighted by Gasteiger charge is 2.29. The van der Waals surface area contributed by atoms with Gasteiger partial charge in [-0.05, 0) is 30.4 Å². The highest BCUT2D eigenvalue weighted by Crippen LogP contribution is 2.20. The number of hydrogen-bond acceptors (Lipinski definition) is 4. The number of likely N-dealkylation sites (tertiary alicyclic amines) is 1. The van der Waals surface area contributed by atoms with Crippen LogP contribution in [0, 0.1) is 0 Å². The van der Waals surface area contributed by atoms with Gasteiger partial charge in [0.05, 0.1) is 6.10 Å². The molecule has 3 N–H and O–H groups in total. The molecule has 0 radical (unpaired) electrons. The van der Waals surface area contributed by atoms with E-state index < -0.39 is 6.10 Å². The number of ether oxygens (including phenoxy) is 1. The van der Waals surface area contributed by atoms with Crippen LogP contribution in [-0.4, -0.2) is 42.0 Å². The molecular weight excluding hydrogens is 306 g/mol. The van der Waals surface area contributed by atoms with Crippen molar-refractivity contribution in [3.63, 3.8) is 0 Å². The number of benzene rings is 1. The monoisotopic (exact) mass is 331 g/mol. The van der Waals surface area contributed by atoms with Gasteiger partial charge in [0, 0.05) is 32.6 Å². The van der Waals surface area contributed by atoms with Crippen LogP contribution in [-0.2, 0) is 27.4 Å². The van der Waals surface area contributed by atoms with Gasteiger partial charge in [-0.2, -0.15) is 0 Å². The summed E-state index contributed by atoms with van der Waals surface area (Å²) >= 11 is 0. The molecule has 0 saturated carbocycles. The topological polar surface area (TPSA) is 84.7 Å². The van der Waals surface area contributed by atoms with E-state index in [0.29, 0.717) is 26.1 Å². The lowest BCUT2D eigenvalue weighted by Crippen LogP contribution is -2.35. The third-order valence-corrected chi connectivity index (χ3v) is 4.77. The average Bonchev–Trinajstić information content (AvgIpc) is 3.23. The van der Waals surface area contributed by atoms with E-state index in [9.17, 15) is 9.59 Å². The summed E-state index contributed by atoms with van der Waals surface area (Å²) in [6.45, 7) is 2.33. The smallest absolute Gasteiger partial charge is 0.249 e. The van der Waals surface area contributed by atoms with Gasteiger partial charge in [0.2, 0.25) is 11.8 Å². The fraction of sp³-hybridized carbons (Fsp3) is 0.556. The third kappa shape index (κ3) is 3.94. The molecule has 0 aromatic heterocycles. The molecule has 0 bridgehead atoms. The highest BCUT2D eigenvalue weighted by atomic mass is 16.5. The predicted octanol–water partition coefficient (Wildman–Crippen LogP) is 0.931. The number of rotatable bonds is 6. The maximum absolute atomic E-state index is 12.2. The Balaban J connectivity index is 1.57. The number of carbonyl (C=O) groups excluding carboxylic acids is 2. The molecule has 2 aliphatic heterocycles. The van der Waals surface area contributed by atoms with Crippen LogP contribution in [0.2, 0.25) is 0 Å². The molecule has 1 aromatic rings. The van der Waals surface area contributed by atoms with Gasteiger partial charge in [-0.1, -0.05) is 24.3 Å². The number of nitrogens with one attached hydrogen (secondary N) is 1. The Morgan fingerprint density at radius 1 is 1.29 bits per heavy atom. The molecule has 0 unspecified atom stereocenters. The first kappa shape index (κ1) is 16.9. The molecule has 3 rings (SSSR count). The molecule has 2 fully saturated rings. The average molecular weight is 331 g/mol. The summed E-state index contributed by atoms with van der Waals surface area (Å²) in [7, 11) is 0. The first-order chi connectivity index (χ1) is 11.7. The lowest BCUT2D eigenvalue weighted by molar-refractivity contribution is -0.132. The molecule has 2 atom stereocenters. The van der Waals surface area contributed by atoms with Gasteiger partial charge >= 0.3 is 0 Å². The summed E-state index contributed by atoms with van der Waals surface area (Å²) in [4.78, 5) is 25.9. The Hall–Kier alpha value is -1.92. The molecule has 6 nitrogen and oxygen atoms in total. The molecule has 6 heteroatoms. The summed E-state index contributed by atoms with van der Waals surface area (Å²) < 4.78 is 5.62. The summed E-state index contributed by atoms with van der Waals surface area (Å²) in [5.41, 5.74) is 7.71. The maximum atomic E-state index is 12.2. The number of amides is 2. The molecular formula is C18H25N3O3. The Bertz CT molecular complexity index is 605. The van der Waals surface area contributed by atoms with Gasteiger partial charge in [-0.3, -0.25) is 9.59 Å². The minimum Gasteiger partial charge on any atom is -0.364 e. The van der Waals surface area contributed by atoms with Crippen LogP contribution >= 0.6 is 0 Å². The minimum absolute atomic E-state index is 0.00536. The van der Waals surface area contributed by atoms with Gasteiger partial charge in [0.25, 0.3) is 0 Å². The zero-order valence-corrected chi connectivity index (χ0v) is 13.9. The van der Waals surface area contributed by atoms with Crippen molar-refractivity contribution in [1.82, 2.24) is 10.2 Å². The predicted molar refractivity (Wildman–Crippen MR) is 89.9 cm³/mol. The summed E-state index contributed by atoms with van der Waals surface area (Å²) in [5, 5.41) is 2.95. The normalized spacial score (nSPS) is 23.7. The lowest BCUT2D eigenvalue weighted by atomic mass is 10.1. The van der Waals surface area contributed by atoms with Crippen molar-refractivity contribution in [2.75, 3.05) is 13.1 Å². The number of nitrogens with two attached hydrogens (primary N) is 1. The first-order valence-electron chi connectivity index (χ1n) is 8.65. The molecule has 24 heavy (non-hydrogen) atoms. The zero-order valence-electron chi connectivity index (χ0n) is 13.9. The Morgan fingerprint density at radius 2 is 2.08 bits per heavy atom. The molecule has 2 amide bonds. The van der Waals surface area contributed by atoms with Crippen molar-refractivity contribution < 1.29 is 14.3 Å². The lowest BCUT2D eigenvalue weighted by Gasteiger charge is -2.19. The van der Waals surface area contributed by atoms with Crippen LogP contribution in [0.1, 0.15) is 36.8 Å². The molecule has 2 heterocycles. The van der Waals surface area contributed by atoms with E-state index >= 15 is 0 Å². The van der Waals surface area contributed by atoms with Gasteiger partial charge in [-0.25, -0.2) is 0 Å². The fourth-order valence-electron chi connectivity index (χ4n) is 3.33. The molecule has 1 aromatic carbocycles. The molecule has 0 spiro atoms. The number of carbonyl (C=O) groups is 2. The SMILES string of the molecule is NC[C@H]1CC[C@@H](C(=O)NCc2ccccc2CN2CCCC2=O)O1. The van der Waals surface area contributed by atoms with E-state index in [-0.39, 0.29) is 17.9 Å². The largest absolute Gasteiger partial charge is 0.364 e. The second-order valence-corrected chi connectivity index (χ2v) is 6.47. The Kier molecular flexibility index (Phi) is 5.48. The van der Waals surface area contributed by atoms with E-state index in [1.165, 1.54) is 0 Å². The zero-order chi connectivity index (χ0) is 16.9. The van der Waals surface area contributed by atoms with Crippen molar-refractivity contribution in [3.05, 3.63) is 35.4 Å². The number of hydrogen-bond donors (Lipinski definition) is 2. The van der Waals surface area contributed by atoms with Gasteiger partial charge in [0.15, 0.2) is 0 Å². The van der Waals surface area contributed by atoms with E-state index in [2.05, 4.69) is 5.32 Å². The summed E-state index contributed by atoms with van der Waals surface area (Å²) in [5.74, 6) is 0.124. The van der Waals surface area contributed by atoms with E-state index in [4.69, 9.17) is 10.5 Å². The Morgan fingerprint density at radius 3 is 2.75 bits per heavy atom. The third-order valence-electron chi connectivity index (χ3n) is 4.77. The highest BCUT2D eigenvalue weighted by molar-refractivity contribution is 5.81. The van der Waals surface area contributed by atoms with Crippen LogP contribution in [0.15, 0.2) is 24.3 Å². The number of nitrogens with zero attached hydrogens (tertiary/aromatic N) is 1. The quantitative estimate of drug-likeness (QED) is 0.812. The Labute approximate surface area is 142 Å². The second-order valence-electron chi connectivity index (χ2n) is 6.47. The summed E-state index contributed by atoms with van der Waals surface area (Å²) in [6, 6.07) is 7.93. The molecule has 2 saturated heterocycles. The van der Waals surface area contributed by atoms with Gasteiger partial charge in [-0.15, -0.1) is 0 Å². The van der Waals surface area contributed by atoms with Crippen LogP contribution in [0.25, 0.3) is 0 Å². The standard InChI is InChI=1S/C18H25N3O3/c19-10-15-7-8-16(24-15)18(23)20-11-13-4-1-2-5-14(13)12-21-9-3-6-17(21)22/h1-2,4-5,15-16H,3,6-12,19H2,(H,20,23)/t15-,16+/m1/s1. The molecule has 0 aliphatic carbocycles. The van der Waals surface area contributed by atoms with Crippen LogP contribution in [0.4, 0.5) is 0 Å². The minimum atomic E-state index is -0.397. The first-order valence-corrected chi connectivity index (χ1v) is 8.65. The van der Waals surface area contributed by atoms with Crippen molar-refractivity contribution in [2.24, 2.45) is 5.73 Å². The van der Waals surface area contributed by atoms with Crippen molar-refractivity contribution in [3.8, 4) is 0 Å². The van der Waals surface area contributed by atoms with Crippen molar-refractivity contribution in [2.45, 2.75) is 51.0 Å². The maximum Gasteiger partial charge on any atom is 0.249 e. The van der Waals surface area contributed by atoms with Crippen LogP contribution < -0.4 is 11.1 Å². The second kappa shape index (κ2) is 7.77. The van der Waals surface area contributed by atoms with Crippen molar-refractivity contribution >= 4 is 11.8 Å². The molecule has 2 aliphatic rings. The van der Waals surface area contributed by atoms with Crippen molar-refractivity contribution in [1.29, 1.82) is 0 Å². The van der Waals surface area contributed by atoms with Gasteiger partial charge < -0.3 is 20.7 Å².